The third kappa shape index (κ3) is 7.75. The summed E-state index contributed by atoms with van der Waals surface area (Å²) in [6.45, 7) is 11.5. The van der Waals surface area contributed by atoms with Gasteiger partial charge in [-0.15, -0.1) is 24.0 Å². The maximum Gasteiger partial charge on any atom is 0.191 e. The molecule has 0 aliphatic carbocycles. The minimum absolute atomic E-state index is 0. The van der Waals surface area contributed by atoms with Gasteiger partial charge in [-0.2, -0.15) is 0 Å². The molecule has 0 saturated carbocycles. The molecule has 2 saturated heterocycles. The van der Waals surface area contributed by atoms with Crippen molar-refractivity contribution in [3.05, 3.63) is 29.6 Å². The van der Waals surface area contributed by atoms with Gasteiger partial charge in [0.25, 0.3) is 0 Å². The number of benzene rings is 1. The number of aliphatic imine (C=N–C) groups is 1. The van der Waals surface area contributed by atoms with E-state index >= 15 is 0 Å². The van der Waals surface area contributed by atoms with Gasteiger partial charge in [0.1, 0.15) is 5.82 Å². The van der Waals surface area contributed by atoms with E-state index in [1.165, 1.54) is 6.42 Å². The van der Waals surface area contributed by atoms with Crippen molar-refractivity contribution in [3.63, 3.8) is 0 Å². The van der Waals surface area contributed by atoms with Gasteiger partial charge < -0.3 is 25.2 Å². The largest absolute Gasteiger partial charge is 0.381 e. The first kappa shape index (κ1) is 26.1. The van der Waals surface area contributed by atoms with Gasteiger partial charge in [0.15, 0.2) is 5.96 Å². The lowest BCUT2D eigenvalue weighted by Crippen LogP contribution is -2.49. The van der Waals surface area contributed by atoms with Gasteiger partial charge in [-0.1, -0.05) is 6.07 Å². The summed E-state index contributed by atoms with van der Waals surface area (Å²) in [4.78, 5) is 8.95. The van der Waals surface area contributed by atoms with Gasteiger partial charge in [-0.3, -0.25) is 4.99 Å². The van der Waals surface area contributed by atoms with Crippen LogP contribution in [-0.2, 0) is 11.3 Å². The van der Waals surface area contributed by atoms with Crippen LogP contribution in [0.15, 0.2) is 23.2 Å². The summed E-state index contributed by atoms with van der Waals surface area (Å²) in [5.41, 5.74) is 1.59. The molecule has 1 aromatic carbocycles. The SMILES string of the molecule is CCN(CC)c1ccc(CNC(=NC)NC2CCN(CC3CCOC3)CC2)cc1F.I. The minimum Gasteiger partial charge on any atom is -0.381 e. The maximum absolute atomic E-state index is 14.5. The number of anilines is 1. The highest BCUT2D eigenvalue weighted by molar-refractivity contribution is 14.0. The molecule has 3 rings (SSSR count). The number of likely N-dealkylation sites (tertiary alicyclic amines) is 1. The van der Waals surface area contributed by atoms with Crippen LogP contribution < -0.4 is 15.5 Å². The van der Waals surface area contributed by atoms with Crippen molar-refractivity contribution in [3.8, 4) is 0 Å². The molecular weight excluding hydrogens is 508 g/mol. The molecule has 2 heterocycles. The third-order valence-corrected chi connectivity index (χ3v) is 6.27. The second kappa shape index (κ2) is 13.4. The molecule has 1 atom stereocenters. The number of guanidine groups is 1. The van der Waals surface area contributed by atoms with E-state index in [0.29, 0.717) is 24.2 Å². The molecule has 2 N–H and O–H groups in total. The molecule has 2 aliphatic rings. The fraction of sp³-hybridized carbons (Fsp3) is 0.696. The number of piperidine rings is 1. The zero-order chi connectivity index (χ0) is 21.3. The number of nitrogens with one attached hydrogen (secondary N) is 2. The summed E-state index contributed by atoms with van der Waals surface area (Å²) in [6.07, 6.45) is 3.42. The Bertz CT molecular complexity index is 687. The predicted octanol–water partition coefficient (Wildman–Crippen LogP) is 3.46. The Kier molecular flexibility index (Phi) is 11.3. The smallest absolute Gasteiger partial charge is 0.191 e. The van der Waals surface area contributed by atoms with Gasteiger partial charge in [0.05, 0.1) is 12.3 Å². The molecule has 176 valence electrons. The molecular formula is C23H39FIN5O. The van der Waals surface area contributed by atoms with Crippen LogP contribution in [0, 0.1) is 11.7 Å². The van der Waals surface area contributed by atoms with E-state index < -0.39 is 0 Å². The average molecular weight is 548 g/mol. The van der Waals surface area contributed by atoms with Crippen molar-refractivity contribution in [1.29, 1.82) is 0 Å². The van der Waals surface area contributed by atoms with Gasteiger partial charge in [0, 0.05) is 59.0 Å². The molecule has 1 unspecified atom stereocenters. The molecule has 6 nitrogen and oxygen atoms in total. The minimum atomic E-state index is -0.166. The Hall–Kier alpha value is -1.13. The Morgan fingerprint density at radius 3 is 2.55 bits per heavy atom. The van der Waals surface area contributed by atoms with E-state index in [0.717, 1.165) is 70.3 Å². The van der Waals surface area contributed by atoms with Crippen LogP contribution in [0.1, 0.15) is 38.7 Å². The fourth-order valence-electron chi connectivity index (χ4n) is 4.41. The lowest BCUT2D eigenvalue weighted by atomic mass is 10.0. The van der Waals surface area contributed by atoms with Crippen LogP contribution in [0.5, 0.6) is 0 Å². The lowest BCUT2D eigenvalue weighted by Gasteiger charge is -2.34. The van der Waals surface area contributed by atoms with Gasteiger partial charge in [-0.25, -0.2) is 4.39 Å². The second-order valence-electron chi connectivity index (χ2n) is 8.33. The Balaban J connectivity index is 0.00000341. The summed E-state index contributed by atoms with van der Waals surface area (Å²) in [5.74, 6) is 1.32. The Labute approximate surface area is 204 Å². The first-order valence-electron chi connectivity index (χ1n) is 11.4. The summed E-state index contributed by atoms with van der Waals surface area (Å²) in [7, 11) is 1.79. The number of halogens is 2. The predicted molar refractivity (Wildman–Crippen MR) is 137 cm³/mol. The third-order valence-electron chi connectivity index (χ3n) is 6.27. The van der Waals surface area contributed by atoms with Crippen LogP contribution in [0.2, 0.25) is 0 Å². The molecule has 0 radical (unpaired) electrons. The number of nitrogens with zero attached hydrogens (tertiary/aromatic N) is 3. The molecule has 0 amide bonds. The van der Waals surface area contributed by atoms with Crippen molar-refractivity contribution < 1.29 is 9.13 Å². The quantitative estimate of drug-likeness (QED) is 0.297. The first-order chi connectivity index (χ1) is 14.6. The highest BCUT2D eigenvalue weighted by Gasteiger charge is 2.24. The zero-order valence-corrected chi connectivity index (χ0v) is 21.5. The molecule has 31 heavy (non-hydrogen) atoms. The van der Waals surface area contributed by atoms with Crippen molar-refractivity contribution in [2.75, 3.05) is 57.9 Å². The Morgan fingerprint density at radius 1 is 1.23 bits per heavy atom. The molecule has 0 bridgehead atoms. The summed E-state index contributed by atoms with van der Waals surface area (Å²) >= 11 is 0. The highest BCUT2D eigenvalue weighted by Crippen LogP contribution is 2.20. The summed E-state index contributed by atoms with van der Waals surface area (Å²) in [5, 5.41) is 6.87. The van der Waals surface area contributed by atoms with E-state index in [4.69, 9.17) is 4.74 Å². The Morgan fingerprint density at radius 2 is 1.97 bits per heavy atom. The average Bonchev–Trinajstić information content (AvgIpc) is 3.27. The monoisotopic (exact) mass is 547 g/mol. The molecule has 1 aromatic rings. The summed E-state index contributed by atoms with van der Waals surface area (Å²) in [6, 6.07) is 5.91. The zero-order valence-electron chi connectivity index (χ0n) is 19.2. The number of rotatable bonds is 8. The molecule has 0 aromatic heterocycles. The lowest BCUT2D eigenvalue weighted by molar-refractivity contribution is 0.150. The van der Waals surface area contributed by atoms with Crippen molar-refractivity contribution in [2.24, 2.45) is 10.9 Å². The van der Waals surface area contributed by atoms with E-state index in [2.05, 4.69) is 20.5 Å². The molecule has 2 fully saturated rings. The van der Waals surface area contributed by atoms with Crippen LogP contribution >= 0.6 is 24.0 Å². The van der Waals surface area contributed by atoms with Crippen LogP contribution in [0.25, 0.3) is 0 Å². The first-order valence-corrected chi connectivity index (χ1v) is 11.4. The van der Waals surface area contributed by atoms with Gasteiger partial charge in [0.2, 0.25) is 0 Å². The van der Waals surface area contributed by atoms with Gasteiger partial charge in [-0.05, 0) is 56.7 Å². The fourth-order valence-corrected chi connectivity index (χ4v) is 4.41. The topological polar surface area (TPSA) is 52.1 Å². The van der Waals surface area contributed by atoms with E-state index in [-0.39, 0.29) is 29.8 Å². The van der Waals surface area contributed by atoms with E-state index in [1.54, 1.807) is 13.1 Å². The summed E-state index contributed by atoms with van der Waals surface area (Å²) < 4.78 is 20.0. The highest BCUT2D eigenvalue weighted by atomic mass is 127. The van der Waals surface area contributed by atoms with Crippen LogP contribution in [-0.4, -0.2) is 69.9 Å². The van der Waals surface area contributed by atoms with Crippen LogP contribution in [0.4, 0.5) is 10.1 Å². The molecule has 8 heteroatoms. The van der Waals surface area contributed by atoms with Crippen molar-refractivity contribution in [1.82, 2.24) is 15.5 Å². The van der Waals surface area contributed by atoms with Gasteiger partial charge >= 0.3 is 0 Å². The molecule has 0 spiro atoms. The standard InChI is InChI=1S/C23H38FN5O.HI/c1-4-29(5-2)22-7-6-18(14-21(22)24)15-26-23(25-3)27-20-8-11-28(12-9-20)16-19-10-13-30-17-19;/h6-7,14,19-20H,4-5,8-13,15-17H2,1-3H3,(H2,25,26,27);1H. The maximum atomic E-state index is 14.5. The normalized spacial score (nSPS) is 20.4. The molecule has 2 aliphatic heterocycles. The van der Waals surface area contributed by atoms with E-state index in [1.807, 2.05) is 30.9 Å². The van der Waals surface area contributed by atoms with E-state index in [9.17, 15) is 4.39 Å². The second-order valence-corrected chi connectivity index (χ2v) is 8.33. The van der Waals surface area contributed by atoms with Crippen molar-refractivity contribution in [2.45, 2.75) is 45.7 Å². The number of hydrogen-bond donors (Lipinski definition) is 2. The number of ether oxygens (including phenoxy) is 1. The van der Waals surface area contributed by atoms with Crippen molar-refractivity contribution >= 4 is 35.6 Å². The van der Waals surface area contributed by atoms with Crippen LogP contribution in [0.3, 0.4) is 0 Å². The number of hydrogen-bond acceptors (Lipinski definition) is 4.